The van der Waals surface area contributed by atoms with Gasteiger partial charge in [-0.3, -0.25) is 4.79 Å². The van der Waals surface area contributed by atoms with Crippen LogP contribution in [0.2, 0.25) is 0 Å². The third kappa shape index (κ3) is 1.42. The van der Waals surface area contributed by atoms with Crippen molar-refractivity contribution >= 4 is 5.78 Å². The molecule has 1 unspecified atom stereocenters. The lowest BCUT2D eigenvalue weighted by atomic mass is 10.0. The maximum absolute atomic E-state index is 10.9. The second kappa shape index (κ2) is 2.78. The van der Waals surface area contributed by atoms with E-state index in [-0.39, 0.29) is 11.7 Å². The van der Waals surface area contributed by atoms with Crippen molar-refractivity contribution in [2.75, 3.05) is 7.11 Å². The number of carbonyl (C=O) groups is 1. The number of hydrogen-bond donors (Lipinski definition) is 0. The summed E-state index contributed by atoms with van der Waals surface area (Å²) in [5.74, 6) is -0.873. The van der Waals surface area contributed by atoms with Crippen molar-refractivity contribution in [2.24, 2.45) is 5.92 Å². The van der Waals surface area contributed by atoms with Crippen molar-refractivity contribution in [1.29, 1.82) is 0 Å². The summed E-state index contributed by atoms with van der Waals surface area (Å²) >= 11 is 0. The molecule has 0 heterocycles. The van der Waals surface area contributed by atoms with Crippen molar-refractivity contribution < 1.29 is 14.6 Å². The van der Waals surface area contributed by atoms with Gasteiger partial charge < -0.3 is 9.84 Å². The molecule has 0 radical (unpaired) electrons. The van der Waals surface area contributed by atoms with E-state index >= 15 is 0 Å². The summed E-state index contributed by atoms with van der Waals surface area (Å²) in [4.78, 5) is 10.9. The SMILES string of the molecule is COC1=CC(C)C=C([O-])C1=O. The molecule has 1 aliphatic rings. The molecule has 0 aromatic heterocycles. The van der Waals surface area contributed by atoms with Crippen LogP contribution in [-0.4, -0.2) is 12.9 Å². The highest BCUT2D eigenvalue weighted by Crippen LogP contribution is 2.15. The summed E-state index contributed by atoms with van der Waals surface area (Å²) in [5, 5.41) is 10.8. The van der Waals surface area contributed by atoms with Crippen LogP contribution < -0.4 is 5.11 Å². The van der Waals surface area contributed by atoms with Gasteiger partial charge >= 0.3 is 0 Å². The highest BCUT2D eigenvalue weighted by molar-refractivity contribution is 6.05. The molecular weight excluding hydrogens is 144 g/mol. The average Bonchev–Trinajstić information content (AvgIpc) is 1.96. The maximum atomic E-state index is 10.9. The molecule has 0 saturated carbocycles. The highest BCUT2D eigenvalue weighted by atomic mass is 16.5. The molecule has 0 saturated heterocycles. The van der Waals surface area contributed by atoms with Gasteiger partial charge in [0.1, 0.15) is 0 Å². The number of Topliss-reactive ketones (excluding diaryl/α,β-unsaturated/α-hetero) is 1. The zero-order chi connectivity index (χ0) is 8.43. The molecule has 0 spiro atoms. The third-order valence-corrected chi connectivity index (χ3v) is 1.50. The van der Waals surface area contributed by atoms with Crippen LogP contribution in [0.4, 0.5) is 0 Å². The van der Waals surface area contributed by atoms with E-state index in [1.165, 1.54) is 13.2 Å². The summed E-state index contributed by atoms with van der Waals surface area (Å²) in [6, 6.07) is 0. The van der Waals surface area contributed by atoms with Crippen LogP contribution in [0.3, 0.4) is 0 Å². The van der Waals surface area contributed by atoms with Crippen molar-refractivity contribution in [3.8, 4) is 0 Å². The van der Waals surface area contributed by atoms with E-state index in [4.69, 9.17) is 4.74 Å². The van der Waals surface area contributed by atoms with Crippen LogP contribution in [-0.2, 0) is 9.53 Å². The Hall–Kier alpha value is -1.25. The van der Waals surface area contributed by atoms with Crippen LogP contribution >= 0.6 is 0 Å². The molecule has 0 aliphatic heterocycles. The molecule has 0 bridgehead atoms. The summed E-state index contributed by atoms with van der Waals surface area (Å²) < 4.78 is 4.71. The molecule has 0 amide bonds. The molecule has 0 aromatic carbocycles. The molecule has 0 fully saturated rings. The first-order valence-electron chi connectivity index (χ1n) is 3.34. The van der Waals surface area contributed by atoms with Crippen LogP contribution in [0.1, 0.15) is 6.92 Å². The van der Waals surface area contributed by atoms with Gasteiger partial charge in [0.25, 0.3) is 0 Å². The second-order valence-corrected chi connectivity index (χ2v) is 2.45. The smallest absolute Gasteiger partial charge is 0.211 e. The predicted octanol–water partition coefficient (Wildman–Crippen LogP) is -0.0203. The minimum atomic E-state index is -0.550. The van der Waals surface area contributed by atoms with Gasteiger partial charge in [-0.2, -0.15) is 0 Å². The molecule has 3 heteroatoms. The Kier molecular flexibility index (Phi) is 1.98. The largest absolute Gasteiger partial charge is 0.870 e. The Morgan fingerprint density at radius 2 is 2.18 bits per heavy atom. The van der Waals surface area contributed by atoms with Gasteiger partial charge in [0.15, 0.2) is 5.76 Å². The fraction of sp³-hybridized carbons (Fsp3) is 0.375. The Morgan fingerprint density at radius 3 is 2.73 bits per heavy atom. The van der Waals surface area contributed by atoms with Gasteiger partial charge in [-0.25, -0.2) is 0 Å². The van der Waals surface area contributed by atoms with E-state index in [0.29, 0.717) is 0 Å². The first-order chi connectivity index (χ1) is 5.15. The number of ketones is 1. The van der Waals surface area contributed by atoms with E-state index < -0.39 is 11.5 Å². The summed E-state index contributed by atoms with van der Waals surface area (Å²) in [6.07, 6.45) is 3.01. The maximum Gasteiger partial charge on any atom is 0.211 e. The van der Waals surface area contributed by atoms with E-state index in [9.17, 15) is 9.90 Å². The molecular formula is C8H9O3-. The van der Waals surface area contributed by atoms with Crippen LogP contribution in [0.15, 0.2) is 23.7 Å². The lowest BCUT2D eigenvalue weighted by molar-refractivity contribution is -0.298. The summed E-state index contributed by atoms with van der Waals surface area (Å²) in [6.45, 7) is 1.82. The predicted molar refractivity (Wildman–Crippen MR) is 37.3 cm³/mol. The zero-order valence-corrected chi connectivity index (χ0v) is 6.46. The second-order valence-electron chi connectivity index (χ2n) is 2.45. The summed E-state index contributed by atoms with van der Waals surface area (Å²) in [7, 11) is 1.38. The van der Waals surface area contributed by atoms with Gasteiger partial charge in [0.05, 0.1) is 7.11 Å². The molecule has 3 nitrogen and oxygen atoms in total. The number of rotatable bonds is 1. The van der Waals surface area contributed by atoms with Crippen LogP contribution in [0, 0.1) is 5.92 Å². The topological polar surface area (TPSA) is 49.4 Å². The van der Waals surface area contributed by atoms with Gasteiger partial charge in [0, 0.05) is 0 Å². The quantitative estimate of drug-likeness (QED) is 0.532. The molecule has 1 aliphatic carbocycles. The average molecular weight is 153 g/mol. The van der Waals surface area contributed by atoms with Crippen LogP contribution in [0.25, 0.3) is 0 Å². The minimum absolute atomic E-state index is 0.00449. The Labute approximate surface area is 65.0 Å². The first-order valence-corrected chi connectivity index (χ1v) is 3.34. The fourth-order valence-electron chi connectivity index (χ4n) is 0.959. The number of ether oxygens (including phenoxy) is 1. The molecule has 1 atom stereocenters. The zero-order valence-electron chi connectivity index (χ0n) is 6.46. The Morgan fingerprint density at radius 1 is 1.55 bits per heavy atom. The van der Waals surface area contributed by atoms with E-state index in [0.717, 1.165) is 0 Å². The van der Waals surface area contributed by atoms with Gasteiger partial charge in [-0.15, -0.1) is 0 Å². The van der Waals surface area contributed by atoms with Gasteiger partial charge in [-0.05, 0) is 12.0 Å². The first kappa shape index (κ1) is 7.85. The monoisotopic (exact) mass is 153 g/mol. The Balaban J connectivity index is 2.91. The number of carbonyl (C=O) groups excluding carboxylic acids is 1. The normalized spacial score (nSPS) is 24.2. The molecule has 1 rings (SSSR count). The van der Waals surface area contributed by atoms with Crippen molar-refractivity contribution in [3.63, 3.8) is 0 Å². The molecule has 60 valence electrons. The van der Waals surface area contributed by atoms with Gasteiger partial charge in [0.2, 0.25) is 5.78 Å². The molecule has 0 N–H and O–H groups in total. The van der Waals surface area contributed by atoms with Crippen molar-refractivity contribution in [1.82, 2.24) is 0 Å². The molecule has 0 aromatic rings. The third-order valence-electron chi connectivity index (χ3n) is 1.50. The minimum Gasteiger partial charge on any atom is -0.870 e. The van der Waals surface area contributed by atoms with E-state index in [1.54, 1.807) is 6.08 Å². The number of hydrogen-bond acceptors (Lipinski definition) is 3. The number of allylic oxidation sites excluding steroid dienone is 2. The molecule has 11 heavy (non-hydrogen) atoms. The lowest BCUT2D eigenvalue weighted by Gasteiger charge is -2.19. The lowest BCUT2D eigenvalue weighted by Crippen LogP contribution is -2.22. The van der Waals surface area contributed by atoms with E-state index in [1.807, 2.05) is 6.92 Å². The fourth-order valence-corrected chi connectivity index (χ4v) is 0.959. The standard InChI is InChI=1S/C8H10O3/c1-5-3-6(9)8(10)7(4-5)11-2/h3-5,9H,1-2H3/p-1. The number of methoxy groups -OCH3 is 1. The van der Waals surface area contributed by atoms with E-state index in [2.05, 4.69) is 0 Å². The van der Waals surface area contributed by atoms with Crippen molar-refractivity contribution in [2.45, 2.75) is 6.92 Å². The van der Waals surface area contributed by atoms with Gasteiger partial charge in [-0.1, -0.05) is 18.8 Å². The van der Waals surface area contributed by atoms with Crippen LogP contribution in [0.5, 0.6) is 0 Å². The summed E-state index contributed by atoms with van der Waals surface area (Å²) in [5.41, 5.74) is 0. The highest BCUT2D eigenvalue weighted by Gasteiger charge is 2.14. The Bertz CT molecular complexity index is 238. The van der Waals surface area contributed by atoms with Crippen molar-refractivity contribution in [3.05, 3.63) is 23.7 Å².